The Morgan fingerprint density at radius 2 is 1.71 bits per heavy atom. The van der Waals surface area contributed by atoms with E-state index in [2.05, 4.69) is 27.7 Å². The molecule has 0 aliphatic rings. The maximum absolute atomic E-state index is 12.2. The summed E-state index contributed by atoms with van der Waals surface area (Å²) in [6.07, 6.45) is 0.809. The molecule has 3 nitrogen and oxygen atoms in total. The zero-order valence-electron chi connectivity index (χ0n) is 12.2. The molecule has 1 unspecified atom stereocenters. The summed E-state index contributed by atoms with van der Waals surface area (Å²) in [4.78, 5) is 12.2. The van der Waals surface area contributed by atoms with E-state index in [1.807, 2.05) is 13.8 Å². The lowest BCUT2D eigenvalue weighted by molar-refractivity contribution is -0.165. The van der Waals surface area contributed by atoms with Crippen molar-refractivity contribution in [2.75, 3.05) is 19.8 Å². The van der Waals surface area contributed by atoms with Gasteiger partial charge in [-0.25, -0.2) is 0 Å². The lowest BCUT2D eigenvalue weighted by Crippen LogP contribution is -2.43. The van der Waals surface area contributed by atoms with E-state index in [0.29, 0.717) is 25.7 Å². The monoisotopic (exact) mass is 244 g/mol. The highest BCUT2D eigenvalue weighted by molar-refractivity contribution is 5.77. The number of carbonyl (C=O) groups excluding carboxylic acids is 1. The first-order valence-electron chi connectivity index (χ1n) is 6.65. The third kappa shape index (κ3) is 4.66. The van der Waals surface area contributed by atoms with E-state index in [9.17, 15) is 4.79 Å². The second kappa shape index (κ2) is 7.70. The molecule has 1 atom stereocenters. The number of carbonyl (C=O) groups is 1. The minimum Gasteiger partial charge on any atom is -0.465 e. The van der Waals surface area contributed by atoms with Gasteiger partial charge in [0.1, 0.15) is 0 Å². The van der Waals surface area contributed by atoms with Crippen molar-refractivity contribution in [2.45, 2.75) is 48.0 Å². The van der Waals surface area contributed by atoms with Crippen LogP contribution in [-0.4, -0.2) is 25.8 Å². The van der Waals surface area contributed by atoms with Crippen molar-refractivity contribution in [1.29, 1.82) is 0 Å². The van der Waals surface area contributed by atoms with Gasteiger partial charge in [-0.2, -0.15) is 0 Å². The molecule has 0 saturated heterocycles. The van der Waals surface area contributed by atoms with Crippen LogP contribution >= 0.6 is 0 Å². The number of esters is 1. The summed E-state index contributed by atoms with van der Waals surface area (Å²) >= 11 is 0. The average molecular weight is 244 g/mol. The molecule has 0 spiro atoms. The van der Waals surface area contributed by atoms with E-state index < -0.39 is 5.41 Å². The van der Waals surface area contributed by atoms with Gasteiger partial charge in [-0.05, 0) is 32.1 Å². The molecule has 0 rings (SSSR count). The Labute approximate surface area is 106 Å². The normalized spacial score (nSPS) is 15.1. The zero-order valence-corrected chi connectivity index (χ0v) is 12.2. The molecule has 102 valence electrons. The van der Waals surface area contributed by atoms with Crippen LogP contribution in [0.15, 0.2) is 0 Å². The molecule has 0 aliphatic heterocycles. The highest BCUT2D eigenvalue weighted by atomic mass is 16.5. The Hall–Kier alpha value is -0.570. The van der Waals surface area contributed by atoms with Gasteiger partial charge in [0.2, 0.25) is 0 Å². The van der Waals surface area contributed by atoms with E-state index in [1.54, 1.807) is 0 Å². The van der Waals surface area contributed by atoms with Crippen LogP contribution in [0.5, 0.6) is 0 Å². The number of hydrogen-bond donors (Lipinski definition) is 0. The summed E-state index contributed by atoms with van der Waals surface area (Å²) in [5.74, 6) is 0.551. The predicted octanol–water partition coefficient (Wildman–Crippen LogP) is 3.27. The Morgan fingerprint density at radius 3 is 2.06 bits per heavy atom. The number of hydrogen-bond acceptors (Lipinski definition) is 3. The van der Waals surface area contributed by atoms with Crippen molar-refractivity contribution < 1.29 is 14.3 Å². The lowest BCUT2D eigenvalue weighted by atomic mass is 9.72. The fraction of sp³-hybridized carbons (Fsp3) is 0.929. The first-order chi connectivity index (χ1) is 7.90. The van der Waals surface area contributed by atoms with E-state index in [4.69, 9.17) is 9.47 Å². The molecule has 0 aromatic carbocycles. The number of rotatable bonds is 8. The Morgan fingerprint density at radius 1 is 1.12 bits per heavy atom. The molecule has 0 fully saturated rings. The highest BCUT2D eigenvalue weighted by Gasteiger charge is 2.43. The molecule has 0 saturated carbocycles. The SMILES string of the molecule is CCOCC(CC(C)C)(C(=O)OCC)C(C)C. The Kier molecular flexibility index (Phi) is 7.44. The van der Waals surface area contributed by atoms with Crippen molar-refractivity contribution in [3.8, 4) is 0 Å². The molecule has 0 amide bonds. The fourth-order valence-corrected chi connectivity index (χ4v) is 2.13. The van der Waals surface area contributed by atoms with Gasteiger partial charge in [0, 0.05) is 6.61 Å². The zero-order chi connectivity index (χ0) is 13.5. The second-order valence-corrected chi connectivity index (χ2v) is 5.27. The summed E-state index contributed by atoms with van der Waals surface area (Å²) in [7, 11) is 0. The van der Waals surface area contributed by atoms with Gasteiger partial charge in [0.25, 0.3) is 0 Å². The summed E-state index contributed by atoms with van der Waals surface area (Å²) in [6, 6.07) is 0. The summed E-state index contributed by atoms with van der Waals surface area (Å²) in [5, 5.41) is 0. The maximum atomic E-state index is 12.2. The van der Waals surface area contributed by atoms with Crippen LogP contribution in [0.25, 0.3) is 0 Å². The molecule has 0 radical (unpaired) electrons. The van der Waals surface area contributed by atoms with Gasteiger partial charge in [-0.3, -0.25) is 4.79 Å². The van der Waals surface area contributed by atoms with Crippen LogP contribution < -0.4 is 0 Å². The van der Waals surface area contributed by atoms with Crippen LogP contribution in [0.1, 0.15) is 48.0 Å². The Bertz CT molecular complexity index is 224. The quantitative estimate of drug-likeness (QED) is 0.615. The first-order valence-corrected chi connectivity index (χ1v) is 6.65. The van der Waals surface area contributed by atoms with Crippen LogP contribution in [0.3, 0.4) is 0 Å². The second-order valence-electron chi connectivity index (χ2n) is 5.27. The first kappa shape index (κ1) is 16.4. The van der Waals surface area contributed by atoms with Gasteiger partial charge in [0.15, 0.2) is 0 Å². The van der Waals surface area contributed by atoms with Gasteiger partial charge >= 0.3 is 5.97 Å². The van der Waals surface area contributed by atoms with Crippen molar-refractivity contribution in [3.05, 3.63) is 0 Å². The smallest absolute Gasteiger partial charge is 0.314 e. The molecule has 0 bridgehead atoms. The summed E-state index contributed by atoms with van der Waals surface area (Å²) in [6.45, 7) is 13.7. The van der Waals surface area contributed by atoms with Crippen LogP contribution in [-0.2, 0) is 14.3 Å². The third-order valence-electron chi connectivity index (χ3n) is 3.12. The van der Waals surface area contributed by atoms with Crippen molar-refractivity contribution in [1.82, 2.24) is 0 Å². The summed E-state index contributed by atoms with van der Waals surface area (Å²) < 4.78 is 10.8. The lowest BCUT2D eigenvalue weighted by Gasteiger charge is -2.36. The van der Waals surface area contributed by atoms with Crippen LogP contribution in [0.2, 0.25) is 0 Å². The molecule has 0 aromatic rings. The van der Waals surface area contributed by atoms with Crippen molar-refractivity contribution >= 4 is 5.97 Å². The van der Waals surface area contributed by atoms with E-state index in [1.165, 1.54) is 0 Å². The van der Waals surface area contributed by atoms with Gasteiger partial charge in [-0.1, -0.05) is 27.7 Å². The minimum atomic E-state index is -0.500. The molecule has 3 heteroatoms. The summed E-state index contributed by atoms with van der Waals surface area (Å²) in [5.41, 5.74) is -0.500. The molecule has 0 aromatic heterocycles. The standard InChI is InChI=1S/C14H28O3/c1-7-16-10-14(12(5)6,9-11(3)4)13(15)17-8-2/h11-12H,7-10H2,1-6H3. The van der Waals surface area contributed by atoms with Gasteiger partial charge in [0.05, 0.1) is 18.6 Å². The van der Waals surface area contributed by atoms with Crippen molar-refractivity contribution in [3.63, 3.8) is 0 Å². The topological polar surface area (TPSA) is 35.5 Å². The molecule has 17 heavy (non-hydrogen) atoms. The molecular formula is C14H28O3. The van der Waals surface area contributed by atoms with Crippen molar-refractivity contribution in [2.24, 2.45) is 17.3 Å². The highest BCUT2D eigenvalue weighted by Crippen LogP contribution is 2.36. The molecule has 0 aliphatic carbocycles. The molecule has 0 heterocycles. The van der Waals surface area contributed by atoms with Gasteiger partial charge in [-0.15, -0.1) is 0 Å². The molecular weight excluding hydrogens is 216 g/mol. The average Bonchev–Trinajstić information content (AvgIpc) is 2.23. The van der Waals surface area contributed by atoms with Gasteiger partial charge < -0.3 is 9.47 Å². The third-order valence-corrected chi connectivity index (χ3v) is 3.12. The van der Waals surface area contributed by atoms with E-state index >= 15 is 0 Å². The number of ether oxygens (including phenoxy) is 2. The van der Waals surface area contributed by atoms with Crippen LogP contribution in [0.4, 0.5) is 0 Å². The largest absolute Gasteiger partial charge is 0.465 e. The fourth-order valence-electron chi connectivity index (χ4n) is 2.13. The van der Waals surface area contributed by atoms with E-state index in [0.717, 1.165) is 6.42 Å². The minimum absolute atomic E-state index is 0.114. The maximum Gasteiger partial charge on any atom is 0.314 e. The Balaban J connectivity index is 5.00. The molecule has 0 N–H and O–H groups in total. The van der Waals surface area contributed by atoms with E-state index in [-0.39, 0.29) is 11.9 Å². The predicted molar refractivity (Wildman–Crippen MR) is 69.9 cm³/mol. The van der Waals surface area contributed by atoms with Crippen LogP contribution in [0, 0.1) is 17.3 Å².